The van der Waals surface area contributed by atoms with E-state index in [0.29, 0.717) is 26.8 Å². The second-order valence-corrected chi connectivity index (χ2v) is 12.6. The van der Waals surface area contributed by atoms with Crippen molar-refractivity contribution in [3.63, 3.8) is 0 Å². The number of aromatic nitrogens is 2. The molecule has 2 heterocycles. The summed E-state index contributed by atoms with van der Waals surface area (Å²) >= 11 is 0. The summed E-state index contributed by atoms with van der Waals surface area (Å²) in [6, 6.07) is 4.96. The number of sulfonamides is 1. The quantitative estimate of drug-likeness (QED) is 0.392. The van der Waals surface area contributed by atoms with Crippen LogP contribution in [0.25, 0.3) is 0 Å². The van der Waals surface area contributed by atoms with Gasteiger partial charge in [-0.05, 0) is 59.2 Å². The summed E-state index contributed by atoms with van der Waals surface area (Å²) in [7, 11) is -4.45. The van der Waals surface area contributed by atoms with Gasteiger partial charge in [-0.1, -0.05) is 0 Å². The fourth-order valence-corrected chi connectivity index (χ4v) is 6.28. The summed E-state index contributed by atoms with van der Waals surface area (Å²) in [5.41, 5.74) is -2.90. The third-order valence-corrected chi connectivity index (χ3v) is 9.15. The number of amides is 2. The zero-order chi connectivity index (χ0) is 32.6. The van der Waals surface area contributed by atoms with Crippen molar-refractivity contribution in [2.75, 3.05) is 22.8 Å². The van der Waals surface area contributed by atoms with Crippen LogP contribution in [0.3, 0.4) is 0 Å². The Hall–Kier alpha value is -4.20. The molecule has 17 heteroatoms. The maximum absolute atomic E-state index is 14.3. The number of fused-ring (bicyclic) bond motifs is 1. The van der Waals surface area contributed by atoms with Gasteiger partial charge in [0.1, 0.15) is 11.9 Å². The molecule has 2 aromatic rings. The maximum atomic E-state index is 14.3. The lowest BCUT2D eigenvalue weighted by molar-refractivity contribution is -0.242. The first-order valence-corrected chi connectivity index (χ1v) is 15.3. The van der Waals surface area contributed by atoms with Gasteiger partial charge < -0.3 is 19.5 Å². The fourth-order valence-electron chi connectivity index (χ4n) is 4.52. The molecule has 2 aliphatic rings. The third-order valence-electron chi connectivity index (χ3n) is 7.27. The zero-order valence-corrected chi connectivity index (χ0v) is 25.5. The van der Waals surface area contributed by atoms with Crippen molar-refractivity contribution in [3.05, 3.63) is 24.4 Å². The number of carbonyl (C=O) groups excluding carboxylic acids is 2. The Bertz CT molecular complexity index is 1570. The number of anilines is 2. The first-order valence-electron chi connectivity index (χ1n) is 13.8. The highest BCUT2D eigenvalue weighted by Gasteiger charge is 2.51. The number of rotatable bonds is 10. The molecule has 1 fully saturated rings. The van der Waals surface area contributed by atoms with Crippen molar-refractivity contribution in [1.82, 2.24) is 15.1 Å². The zero-order valence-electron chi connectivity index (χ0n) is 24.6. The molecule has 13 nitrogen and oxygen atoms in total. The Balaban J connectivity index is 1.70. The van der Waals surface area contributed by atoms with Crippen LogP contribution in [0.4, 0.5) is 29.3 Å². The predicted octanol–water partition coefficient (Wildman–Crippen LogP) is 3.81. The van der Waals surface area contributed by atoms with Gasteiger partial charge in [-0.15, -0.1) is 5.10 Å². The van der Waals surface area contributed by atoms with Crippen molar-refractivity contribution in [2.24, 2.45) is 11.8 Å². The van der Waals surface area contributed by atoms with Crippen LogP contribution in [0.2, 0.25) is 0 Å². The SMILES string of the molecule is CCOc1nn(CC)cc1S(=O)(=O)N1c2cc(NC(=O)OC(C)(C)C(F)(F)F)ccc2O[C@@H](CNC(=O)[C@@H]2CC2C#N)[C@H]1C. The standard InChI is InChI=1S/C27H33F3N6O7S/c1-6-35-14-22(24(34-35)41-7-2)44(39,40)36-15(3)21(13-32-23(37)18-10-16(18)12-31)42-20-9-8-17(11-19(20)36)33-25(38)43-26(4,5)27(28,29)30/h8-9,11,14-16,18,21H,6-7,10,13H2,1-5H3,(H,32,37)(H,33,38)/t15-,16?,18-,21+/m1/s1. The molecule has 1 aliphatic carbocycles. The number of hydrogen-bond donors (Lipinski definition) is 2. The molecule has 0 radical (unpaired) electrons. The van der Waals surface area contributed by atoms with Gasteiger partial charge in [0.2, 0.25) is 11.5 Å². The van der Waals surface area contributed by atoms with Gasteiger partial charge >= 0.3 is 12.3 Å². The van der Waals surface area contributed by atoms with Gasteiger partial charge in [-0.25, -0.2) is 13.2 Å². The molecule has 0 bridgehead atoms. The van der Waals surface area contributed by atoms with Gasteiger partial charge in [0.25, 0.3) is 15.9 Å². The molecular weight excluding hydrogens is 609 g/mol. The number of alkyl halides is 3. The Morgan fingerprint density at radius 3 is 2.55 bits per heavy atom. The van der Waals surface area contributed by atoms with Gasteiger partial charge in [-0.3, -0.25) is 19.1 Å². The lowest BCUT2D eigenvalue weighted by Crippen LogP contribution is -2.54. The minimum atomic E-state index is -4.84. The van der Waals surface area contributed by atoms with Crippen molar-refractivity contribution in [2.45, 2.75) is 76.4 Å². The van der Waals surface area contributed by atoms with E-state index in [2.05, 4.69) is 20.5 Å². The topological polar surface area (TPSA) is 165 Å². The highest BCUT2D eigenvalue weighted by molar-refractivity contribution is 7.93. The Morgan fingerprint density at radius 2 is 1.95 bits per heavy atom. The summed E-state index contributed by atoms with van der Waals surface area (Å²) in [5, 5.41) is 18.2. The maximum Gasteiger partial charge on any atom is 0.427 e. The number of aryl methyl sites for hydroxylation is 1. The molecule has 1 aromatic carbocycles. The minimum absolute atomic E-state index is 0.0357. The Labute approximate surface area is 252 Å². The average molecular weight is 643 g/mol. The summed E-state index contributed by atoms with van der Waals surface area (Å²) in [6.45, 7) is 6.75. The molecule has 1 saturated carbocycles. The van der Waals surface area contributed by atoms with Crippen molar-refractivity contribution in [1.29, 1.82) is 5.26 Å². The van der Waals surface area contributed by atoms with E-state index >= 15 is 0 Å². The van der Waals surface area contributed by atoms with Crippen LogP contribution in [0.1, 0.15) is 41.0 Å². The molecule has 1 unspecified atom stereocenters. The Morgan fingerprint density at radius 1 is 1.25 bits per heavy atom. The molecule has 2 N–H and O–H groups in total. The van der Waals surface area contributed by atoms with Crippen LogP contribution in [-0.2, 0) is 26.1 Å². The van der Waals surface area contributed by atoms with Crippen LogP contribution in [0.15, 0.2) is 29.3 Å². The number of hydrogen-bond acceptors (Lipinski definition) is 9. The predicted molar refractivity (Wildman–Crippen MR) is 150 cm³/mol. The molecule has 0 saturated heterocycles. The first kappa shape index (κ1) is 32.7. The summed E-state index contributed by atoms with van der Waals surface area (Å²) in [4.78, 5) is 24.7. The van der Waals surface area contributed by atoms with Crippen LogP contribution in [0.5, 0.6) is 11.6 Å². The van der Waals surface area contributed by atoms with Crippen LogP contribution in [0, 0.1) is 23.2 Å². The van der Waals surface area contributed by atoms with Crippen molar-refractivity contribution >= 4 is 33.4 Å². The number of benzene rings is 1. The second kappa shape index (κ2) is 12.1. The molecule has 44 heavy (non-hydrogen) atoms. The van der Waals surface area contributed by atoms with E-state index in [4.69, 9.17) is 14.7 Å². The van der Waals surface area contributed by atoms with Crippen molar-refractivity contribution in [3.8, 4) is 17.7 Å². The second-order valence-electron chi connectivity index (χ2n) is 10.8. The average Bonchev–Trinajstić information content (AvgIpc) is 3.61. The van der Waals surface area contributed by atoms with Crippen LogP contribution in [-0.4, -0.2) is 67.3 Å². The van der Waals surface area contributed by atoms with E-state index in [1.807, 2.05) is 6.07 Å². The lowest BCUT2D eigenvalue weighted by atomic mass is 10.1. The summed E-state index contributed by atoms with van der Waals surface area (Å²) < 4.78 is 86.9. The number of ether oxygens (including phenoxy) is 3. The summed E-state index contributed by atoms with van der Waals surface area (Å²) in [5.74, 6) is -1.25. The number of carbonyl (C=O) groups is 2. The van der Waals surface area contributed by atoms with Gasteiger partial charge in [0.15, 0.2) is 4.90 Å². The van der Waals surface area contributed by atoms with Crippen LogP contribution >= 0.6 is 0 Å². The van der Waals surface area contributed by atoms with E-state index in [0.717, 1.165) is 4.31 Å². The smallest absolute Gasteiger partial charge is 0.427 e. The third kappa shape index (κ3) is 6.49. The molecule has 1 aromatic heterocycles. The largest absolute Gasteiger partial charge is 0.484 e. The lowest BCUT2D eigenvalue weighted by Gasteiger charge is -2.41. The number of halogens is 3. The molecule has 1 aliphatic heterocycles. The molecule has 4 rings (SSSR count). The van der Waals surface area contributed by atoms with E-state index in [9.17, 15) is 31.2 Å². The van der Waals surface area contributed by atoms with Gasteiger partial charge in [0.05, 0.1) is 42.8 Å². The highest BCUT2D eigenvalue weighted by Crippen LogP contribution is 2.43. The van der Waals surface area contributed by atoms with Gasteiger partial charge in [-0.2, -0.15) is 18.4 Å². The number of nitrogens with zero attached hydrogens (tertiary/aromatic N) is 4. The van der Waals surface area contributed by atoms with Gasteiger partial charge in [0, 0.05) is 18.4 Å². The Kier molecular flexibility index (Phi) is 8.97. The van der Waals surface area contributed by atoms with Crippen molar-refractivity contribution < 1.29 is 45.4 Å². The normalized spacial score (nSPS) is 21.4. The first-order chi connectivity index (χ1) is 20.5. The molecular formula is C27H33F3N6O7S. The fraction of sp³-hybridized carbons (Fsp3) is 0.556. The molecule has 4 atom stereocenters. The highest BCUT2D eigenvalue weighted by atomic mass is 32.2. The summed E-state index contributed by atoms with van der Waals surface area (Å²) in [6.07, 6.45) is -5.39. The minimum Gasteiger partial charge on any atom is -0.484 e. The molecule has 2 amide bonds. The van der Waals surface area contributed by atoms with E-state index < -0.39 is 46.0 Å². The number of nitriles is 1. The number of nitrogens with one attached hydrogen (secondary N) is 2. The van der Waals surface area contributed by atoms with Crippen LogP contribution < -0.4 is 24.4 Å². The van der Waals surface area contributed by atoms with E-state index in [1.54, 1.807) is 20.8 Å². The van der Waals surface area contributed by atoms with E-state index in [1.165, 1.54) is 29.1 Å². The molecule has 240 valence electrons. The monoisotopic (exact) mass is 642 g/mol. The molecule has 0 spiro atoms. The van der Waals surface area contributed by atoms with E-state index in [-0.39, 0.29) is 52.9 Å².